The number of aliphatic carboxylic acids is 1. The van der Waals surface area contributed by atoms with E-state index in [0.717, 1.165) is 0 Å². The second-order valence-electron chi connectivity index (χ2n) is 4.36. The molecule has 1 aromatic heterocycles. The summed E-state index contributed by atoms with van der Waals surface area (Å²) in [6.45, 7) is 1.47. The van der Waals surface area contributed by atoms with Crippen molar-refractivity contribution in [3.8, 4) is 11.6 Å². The monoisotopic (exact) mass is 273 g/mol. The molecule has 0 aliphatic carbocycles. The highest BCUT2D eigenvalue weighted by molar-refractivity contribution is 5.75. The molecule has 0 saturated carbocycles. The standard InChI is InChI=1S/C15H15NO4/c1-10(15(18)19)11-4-6-13(7-5-11)20-14-12(9-17)3-2-8-16-14/h2-8,10,17H,9H2,1H3,(H,18,19). The fourth-order valence-corrected chi connectivity index (χ4v) is 1.72. The fourth-order valence-electron chi connectivity index (χ4n) is 1.72. The molecule has 5 heteroatoms. The number of ether oxygens (including phenoxy) is 1. The molecule has 104 valence electrons. The molecule has 0 bridgehead atoms. The van der Waals surface area contributed by atoms with Crippen molar-refractivity contribution in [3.05, 3.63) is 53.7 Å². The van der Waals surface area contributed by atoms with Gasteiger partial charge in [-0.15, -0.1) is 0 Å². The van der Waals surface area contributed by atoms with Gasteiger partial charge in [0.15, 0.2) is 0 Å². The van der Waals surface area contributed by atoms with Crippen LogP contribution in [0.15, 0.2) is 42.6 Å². The summed E-state index contributed by atoms with van der Waals surface area (Å²) in [4.78, 5) is 14.9. The third-order valence-electron chi connectivity index (χ3n) is 2.99. The summed E-state index contributed by atoms with van der Waals surface area (Å²) in [6, 6.07) is 10.2. The highest BCUT2D eigenvalue weighted by atomic mass is 16.5. The molecule has 20 heavy (non-hydrogen) atoms. The van der Waals surface area contributed by atoms with E-state index in [1.807, 2.05) is 0 Å². The van der Waals surface area contributed by atoms with Crippen molar-refractivity contribution >= 4 is 5.97 Å². The summed E-state index contributed by atoms with van der Waals surface area (Å²) in [6.07, 6.45) is 1.58. The van der Waals surface area contributed by atoms with Crippen LogP contribution in [-0.2, 0) is 11.4 Å². The Morgan fingerprint density at radius 3 is 2.60 bits per heavy atom. The highest BCUT2D eigenvalue weighted by Crippen LogP contribution is 2.25. The zero-order valence-corrected chi connectivity index (χ0v) is 11.0. The molecule has 0 radical (unpaired) electrons. The van der Waals surface area contributed by atoms with Gasteiger partial charge in [0.2, 0.25) is 5.88 Å². The zero-order valence-electron chi connectivity index (χ0n) is 11.0. The van der Waals surface area contributed by atoms with Gasteiger partial charge < -0.3 is 14.9 Å². The lowest BCUT2D eigenvalue weighted by Crippen LogP contribution is -2.07. The van der Waals surface area contributed by atoms with Gasteiger partial charge in [0.05, 0.1) is 12.5 Å². The number of aromatic nitrogens is 1. The Morgan fingerprint density at radius 1 is 1.30 bits per heavy atom. The lowest BCUT2D eigenvalue weighted by molar-refractivity contribution is -0.138. The van der Waals surface area contributed by atoms with Crippen LogP contribution in [0.5, 0.6) is 11.6 Å². The maximum Gasteiger partial charge on any atom is 0.310 e. The van der Waals surface area contributed by atoms with Crippen LogP contribution in [0.1, 0.15) is 24.0 Å². The molecule has 0 fully saturated rings. The number of aliphatic hydroxyl groups excluding tert-OH is 1. The van der Waals surface area contributed by atoms with Gasteiger partial charge in [-0.2, -0.15) is 0 Å². The molecule has 0 saturated heterocycles. The summed E-state index contributed by atoms with van der Waals surface area (Å²) < 4.78 is 5.58. The molecule has 2 rings (SSSR count). The van der Waals surface area contributed by atoms with Crippen molar-refractivity contribution < 1.29 is 19.7 Å². The number of hydrogen-bond donors (Lipinski definition) is 2. The number of hydrogen-bond acceptors (Lipinski definition) is 4. The predicted octanol–water partition coefficient (Wildman–Crippen LogP) is 2.55. The topological polar surface area (TPSA) is 79.7 Å². The van der Waals surface area contributed by atoms with Crippen molar-refractivity contribution in [1.82, 2.24) is 4.98 Å². The minimum absolute atomic E-state index is 0.155. The highest BCUT2D eigenvalue weighted by Gasteiger charge is 2.13. The van der Waals surface area contributed by atoms with Gasteiger partial charge in [-0.1, -0.05) is 12.1 Å². The summed E-state index contributed by atoms with van der Waals surface area (Å²) in [5.74, 6) is -0.549. The molecule has 5 nitrogen and oxygen atoms in total. The molecule has 2 N–H and O–H groups in total. The fraction of sp³-hybridized carbons (Fsp3) is 0.200. The summed E-state index contributed by atoms with van der Waals surface area (Å²) in [5, 5.41) is 18.1. The molecule has 0 aliphatic rings. The van der Waals surface area contributed by atoms with Crippen LogP contribution in [0.3, 0.4) is 0 Å². The lowest BCUT2D eigenvalue weighted by Gasteiger charge is -2.10. The van der Waals surface area contributed by atoms with E-state index in [0.29, 0.717) is 22.8 Å². The number of carboxylic acids is 1. The molecular formula is C15H15NO4. The van der Waals surface area contributed by atoms with Crippen molar-refractivity contribution in [1.29, 1.82) is 0 Å². The van der Waals surface area contributed by atoms with Gasteiger partial charge in [0.1, 0.15) is 5.75 Å². The number of pyridine rings is 1. The third-order valence-corrected chi connectivity index (χ3v) is 2.99. The first-order valence-electron chi connectivity index (χ1n) is 6.17. The number of aliphatic hydroxyl groups is 1. The van der Waals surface area contributed by atoms with Crippen LogP contribution in [0.2, 0.25) is 0 Å². The maximum atomic E-state index is 10.9. The first-order valence-corrected chi connectivity index (χ1v) is 6.17. The third kappa shape index (κ3) is 3.13. The van der Waals surface area contributed by atoms with Gasteiger partial charge in [0.25, 0.3) is 0 Å². The maximum absolute atomic E-state index is 10.9. The normalized spacial score (nSPS) is 11.9. The number of nitrogens with zero attached hydrogens (tertiary/aromatic N) is 1. The average Bonchev–Trinajstić information content (AvgIpc) is 2.48. The molecule has 1 unspecified atom stereocenters. The molecule has 1 aromatic carbocycles. The van der Waals surface area contributed by atoms with Gasteiger partial charge in [-0.3, -0.25) is 4.79 Å². The van der Waals surface area contributed by atoms with Crippen LogP contribution < -0.4 is 4.74 Å². The molecule has 1 heterocycles. The van der Waals surface area contributed by atoms with E-state index in [2.05, 4.69) is 4.98 Å². The lowest BCUT2D eigenvalue weighted by atomic mass is 10.0. The minimum atomic E-state index is -0.869. The van der Waals surface area contributed by atoms with Gasteiger partial charge in [-0.05, 0) is 36.8 Å². The molecule has 0 spiro atoms. The van der Waals surface area contributed by atoms with E-state index in [9.17, 15) is 9.90 Å². The SMILES string of the molecule is CC(C(=O)O)c1ccc(Oc2ncccc2CO)cc1. The van der Waals surface area contributed by atoms with E-state index in [1.165, 1.54) is 0 Å². The van der Waals surface area contributed by atoms with Crippen molar-refractivity contribution in [2.75, 3.05) is 0 Å². The average molecular weight is 273 g/mol. The Morgan fingerprint density at radius 2 is 2.00 bits per heavy atom. The van der Waals surface area contributed by atoms with Crippen LogP contribution in [0.4, 0.5) is 0 Å². The Balaban J connectivity index is 2.17. The summed E-state index contributed by atoms with van der Waals surface area (Å²) in [7, 11) is 0. The number of benzene rings is 1. The number of carbonyl (C=O) groups is 1. The molecule has 1 atom stereocenters. The van der Waals surface area contributed by atoms with Crippen LogP contribution >= 0.6 is 0 Å². The van der Waals surface area contributed by atoms with E-state index < -0.39 is 11.9 Å². The summed E-state index contributed by atoms with van der Waals surface area (Å²) >= 11 is 0. The smallest absolute Gasteiger partial charge is 0.310 e. The van der Waals surface area contributed by atoms with E-state index >= 15 is 0 Å². The molecule has 2 aromatic rings. The number of rotatable bonds is 5. The molecule has 0 aliphatic heterocycles. The summed E-state index contributed by atoms with van der Waals surface area (Å²) in [5.41, 5.74) is 1.30. The van der Waals surface area contributed by atoms with E-state index in [4.69, 9.17) is 9.84 Å². The van der Waals surface area contributed by atoms with Crippen LogP contribution in [0, 0.1) is 0 Å². The Labute approximate surface area is 116 Å². The molecular weight excluding hydrogens is 258 g/mol. The Hall–Kier alpha value is -2.40. The van der Waals surface area contributed by atoms with Crippen molar-refractivity contribution in [2.24, 2.45) is 0 Å². The van der Waals surface area contributed by atoms with E-state index in [1.54, 1.807) is 49.5 Å². The molecule has 0 amide bonds. The Bertz CT molecular complexity index is 595. The van der Waals surface area contributed by atoms with Gasteiger partial charge in [0, 0.05) is 11.8 Å². The van der Waals surface area contributed by atoms with Gasteiger partial charge in [-0.25, -0.2) is 4.98 Å². The predicted molar refractivity (Wildman–Crippen MR) is 72.7 cm³/mol. The van der Waals surface area contributed by atoms with E-state index in [-0.39, 0.29) is 6.61 Å². The van der Waals surface area contributed by atoms with Crippen LogP contribution in [-0.4, -0.2) is 21.2 Å². The number of carboxylic acid groups (broad SMARTS) is 1. The largest absolute Gasteiger partial charge is 0.481 e. The van der Waals surface area contributed by atoms with Gasteiger partial charge >= 0.3 is 5.97 Å². The Kier molecular flexibility index (Phi) is 4.32. The quantitative estimate of drug-likeness (QED) is 0.875. The minimum Gasteiger partial charge on any atom is -0.481 e. The zero-order chi connectivity index (χ0) is 14.5. The van der Waals surface area contributed by atoms with Crippen molar-refractivity contribution in [3.63, 3.8) is 0 Å². The van der Waals surface area contributed by atoms with Crippen LogP contribution in [0.25, 0.3) is 0 Å². The van der Waals surface area contributed by atoms with Crippen molar-refractivity contribution in [2.45, 2.75) is 19.4 Å². The second-order valence-corrected chi connectivity index (χ2v) is 4.36. The first-order chi connectivity index (χ1) is 9.61. The first kappa shape index (κ1) is 14.0. The second kappa shape index (κ2) is 6.16.